The first kappa shape index (κ1) is 19.0. The highest BCUT2D eigenvalue weighted by Crippen LogP contribution is 2.12. The summed E-state index contributed by atoms with van der Waals surface area (Å²) in [5.74, 6) is 0. The average Bonchev–Trinajstić information content (AvgIpc) is 2.43. The van der Waals surface area contributed by atoms with Crippen molar-refractivity contribution in [2.24, 2.45) is 0 Å². The molecule has 0 aromatic carbocycles. The van der Waals surface area contributed by atoms with Gasteiger partial charge in [0.25, 0.3) is 0 Å². The highest BCUT2D eigenvalue weighted by Gasteiger charge is 1.92. The van der Waals surface area contributed by atoms with Crippen LogP contribution in [-0.4, -0.2) is 0 Å². The van der Waals surface area contributed by atoms with E-state index in [1.54, 1.807) is 0 Å². The Labute approximate surface area is 127 Å². The first-order valence-electron chi connectivity index (χ1n) is 8.18. The number of hydrogen-bond acceptors (Lipinski definition) is 0. The van der Waals surface area contributed by atoms with Crippen LogP contribution in [0.15, 0.2) is 47.1 Å². The van der Waals surface area contributed by atoms with Gasteiger partial charge in [0.1, 0.15) is 0 Å². The van der Waals surface area contributed by atoms with Gasteiger partial charge in [-0.3, -0.25) is 0 Å². The fourth-order valence-corrected chi connectivity index (χ4v) is 2.04. The molecule has 0 aromatic rings. The molecule has 0 amide bonds. The van der Waals surface area contributed by atoms with Crippen molar-refractivity contribution in [2.45, 2.75) is 79.6 Å². The van der Waals surface area contributed by atoms with E-state index in [1.165, 1.54) is 55.2 Å². The van der Waals surface area contributed by atoms with Gasteiger partial charge in [-0.1, -0.05) is 54.0 Å². The van der Waals surface area contributed by atoms with E-state index in [-0.39, 0.29) is 0 Å². The summed E-state index contributed by atoms with van der Waals surface area (Å²) in [6.07, 6.45) is 19.9. The lowest BCUT2D eigenvalue weighted by atomic mass is 10.0. The van der Waals surface area contributed by atoms with E-state index in [0.717, 1.165) is 6.42 Å². The lowest BCUT2D eigenvalue weighted by Crippen LogP contribution is -1.81. The van der Waals surface area contributed by atoms with Gasteiger partial charge in [-0.25, -0.2) is 0 Å². The van der Waals surface area contributed by atoms with E-state index < -0.39 is 0 Å². The fraction of sp³-hybridized carbons (Fsp3) is 0.600. The monoisotopic (exact) mass is 274 g/mol. The summed E-state index contributed by atoms with van der Waals surface area (Å²) in [5.41, 5.74) is 4.55. The third-order valence-corrected chi connectivity index (χ3v) is 3.66. The maximum atomic E-state index is 2.41. The summed E-state index contributed by atoms with van der Waals surface area (Å²) in [6, 6.07) is 0. The van der Waals surface area contributed by atoms with Crippen LogP contribution in [0.3, 0.4) is 0 Å². The summed E-state index contributed by atoms with van der Waals surface area (Å²) in [4.78, 5) is 0. The van der Waals surface area contributed by atoms with Gasteiger partial charge in [0, 0.05) is 0 Å². The van der Waals surface area contributed by atoms with E-state index in [9.17, 15) is 0 Å². The van der Waals surface area contributed by atoms with Crippen LogP contribution >= 0.6 is 0 Å². The van der Waals surface area contributed by atoms with Crippen molar-refractivity contribution >= 4 is 0 Å². The molecule has 0 bridgehead atoms. The second-order valence-corrected chi connectivity index (χ2v) is 5.73. The van der Waals surface area contributed by atoms with Gasteiger partial charge in [-0.2, -0.15) is 0 Å². The summed E-state index contributed by atoms with van der Waals surface area (Å²) in [7, 11) is 0. The minimum atomic E-state index is 1.15. The third kappa shape index (κ3) is 12.0. The topological polar surface area (TPSA) is 0 Å². The molecule has 0 aliphatic rings. The lowest BCUT2D eigenvalue weighted by Gasteiger charge is -2.02. The zero-order valence-electron chi connectivity index (χ0n) is 14.3. The van der Waals surface area contributed by atoms with Crippen LogP contribution in [0, 0.1) is 0 Å². The van der Waals surface area contributed by atoms with Crippen LogP contribution in [-0.2, 0) is 0 Å². The minimum Gasteiger partial charge on any atom is -0.0888 e. The van der Waals surface area contributed by atoms with Crippen molar-refractivity contribution in [2.75, 3.05) is 0 Å². The van der Waals surface area contributed by atoms with E-state index in [0.29, 0.717) is 0 Å². The zero-order valence-corrected chi connectivity index (χ0v) is 14.3. The SMILES string of the molecule is C/C=C(/C)CC/C=C(/C)CC/C=C(/C)CCC=CCC. The molecule has 0 aromatic heterocycles. The van der Waals surface area contributed by atoms with Crippen molar-refractivity contribution in [1.82, 2.24) is 0 Å². The van der Waals surface area contributed by atoms with Crippen molar-refractivity contribution in [3.05, 3.63) is 47.1 Å². The molecule has 0 spiro atoms. The molecule has 20 heavy (non-hydrogen) atoms. The molecule has 0 heteroatoms. The molecule has 0 nitrogen and oxygen atoms in total. The summed E-state index contributed by atoms with van der Waals surface area (Å²) in [6.45, 7) is 11.0. The first-order chi connectivity index (χ1) is 9.60. The van der Waals surface area contributed by atoms with Gasteiger partial charge in [-0.05, 0) is 72.6 Å². The molecule has 0 rings (SSSR count). The minimum absolute atomic E-state index is 1.15. The average molecular weight is 274 g/mol. The van der Waals surface area contributed by atoms with Crippen molar-refractivity contribution in [3.63, 3.8) is 0 Å². The van der Waals surface area contributed by atoms with Crippen LogP contribution in [0.4, 0.5) is 0 Å². The van der Waals surface area contributed by atoms with Gasteiger partial charge in [-0.15, -0.1) is 0 Å². The molecule has 0 radical (unpaired) electrons. The molecule has 0 aliphatic carbocycles. The molecule has 114 valence electrons. The smallest absolute Gasteiger partial charge is 0.0288 e. The number of hydrogen-bond donors (Lipinski definition) is 0. The van der Waals surface area contributed by atoms with E-state index in [2.05, 4.69) is 65.0 Å². The predicted molar refractivity (Wildman–Crippen MR) is 94.1 cm³/mol. The van der Waals surface area contributed by atoms with E-state index in [1.807, 2.05) is 0 Å². The Morgan fingerprint density at radius 1 is 0.700 bits per heavy atom. The van der Waals surface area contributed by atoms with Gasteiger partial charge in [0.2, 0.25) is 0 Å². The fourth-order valence-electron chi connectivity index (χ4n) is 2.04. The normalized spacial score (nSPS) is 14.3. The Morgan fingerprint density at radius 2 is 1.20 bits per heavy atom. The standard InChI is InChI=1S/C20H34/c1-6-8-9-10-13-19(4)16-12-17-20(5)15-11-14-18(3)7-2/h7-9,15-16H,6,10-14,17H2,1-5H3/b9-8?,18-7-,19-16-,20-15-. The van der Waals surface area contributed by atoms with Crippen LogP contribution < -0.4 is 0 Å². The van der Waals surface area contributed by atoms with Crippen molar-refractivity contribution in [3.8, 4) is 0 Å². The Kier molecular flexibility index (Phi) is 12.3. The van der Waals surface area contributed by atoms with Gasteiger partial charge >= 0.3 is 0 Å². The summed E-state index contributed by atoms with van der Waals surface area (Å²) < 4.78 is 0. The molecule has 0 heterocycles. The highest BCUT2D eigenvalue weighted by atomic mass is 14.0. The summed E-state index contributed by atoms with van der Waals surface area (Å²) >= 11 is 0. The van der Waals surface area contributed by atoms with Crippen molar-refractivity contribution in [1.29, 1.82) is 0 Å². The van der Waals surface area contributed by atoms with Gasteiger partial charge in [0.05, 0.1) is 0 Å². The Morgan fingerprint density at radius 3 is 1.70 bits per heavy atom. The third-order valence-electron chi connectivity index (χ3n) is 3.66. The largest absolute Gasteiger partial charge is 0.0888 e. The molecule has 0 unspecified atom stereocenters. The molecule has 0 fully saturated rings. The van der Waals surface area contributed by atoms with Crippen LogP contribution in [0.2, 0.25) is 0 Å². The highest BCUT2D eigenvalue weighted by molar-refractivity contribution is 5.06. The van der Waals surface area contributed by atoms with E-state index >= 15 is 0 Å². The van der Waals surface area contributed by atoms with Crippen molar-refractivity contribution < 1.29 is 0 Å². The molecular weight excluding hydrogens is 240 g/mol. The quantitative estimate of drug-likeness (QED) is 0.371. The number of rotatable bonds is 10. The second-order valence-electron chi connectivity index (χ2n) is 5.73. The Hall–Kier alpha value is -1.04. The molecular formula is C20H34. The second kappa shape index (κ2) is 13.0. The predicted octanol–water partition coefficient (Wildman–Crippen LogP) is 7.15. The molecule has 0 N–H and O–H groups in total. The zero-order chi connectivity index (χ0) is 15.2. The summed E-state index contributed by atoms with van der Waals surface area (Å²) in [5, 5.41) is 0. The van der Waals surface area contributed by atoms with E-state index in [4.69, 9.17) is 0 Å². The van der Waals surface area contributed by atoms with Crippen LogP contribution in [0.25, 0.3) is 0 Å². The Bertz CT molecular complexity index is 350. The molecule has 0 atom stereocenters. The molecule has 0 aliphatic heterocycles. The Balaban J connectivity index is 3.85. The maximum Gasteiger partial charge on any atom is -0.0288 e. The molecule has 0 saturated heterocycles. The van der Waals surface area contributed by atoms with Gasteiger partial charge < -0.3 is 0 Å². The maximum absolute atomic E-state index is 2.41. The lowest BCUT2D eigenvalue weighted by molar-refractivity contribution is 0.900. The van der Waals surface area contributed by atoms with Gasteiger partial charge in [0.15, 0.2) is 0 Å². The number of allylic oxidation sites excluding steroid dienone is 8. The first-order valence-corrected chi connectivity index (χ1v) is 8.18. The van der Waals surface area contributed by atoms with Crippen LogP contribution in [0.5, 0.6) is 0 Å². The molecule has 0 saturated carbocycles. The van der Waals surface area contributed by atoms with Crippen LogP contribution in [0.1, 0.15) is 79.6 Å².